The van der Waals surface area contributed by atoms with Crippen LogP contribution in [0.2, 0.25) is 0 Å². The molecule has 2 bridgehead atoms. The fourth-order valence-corrected chi connectivity index (χ4v) is 4.29. The minimum atomic E-state index is -3.46. The van der Waals surface area contributed by atoms with E-state index in [0.29, 0.717) is 32.6 Å². The third kappa shape index (κ3) is 3.99. The molecule has 0 radical (unpaired) electrons. The molecule has 5 unspecified atom stereocenters. The Hall–Kier alpha value is -1.73. The van der Waals surface area contributed by atoms with Crippen molar-refractivity contribution >= 4 is 17.9 Å². The van der Waals surface area contributed by atoms with Crippen molar-refractivity contribution in [3.8, 4) is 0 Å². The molecule has 3 aliphatic rings. The molecule has 1 heterocycles. The summed E-state index contributed by atoms with van der Waals surface area (Å²) in [7, 11) is 0. The second kappa shape index (κ2) is 7.48. The third-order valence-electron chi connectivity index (χ3n) is 5.55. The Bertz CT molecular complexity index is 573. The number of hydrogen-bond donors (Lipinski definition) is 0. The van der Waals surface area contributed by atoms with Crippen LogP contribution in [-0.4, -0.2) is 42.6 Å². The van der Waals surface area contributed by atoms with Crippen molar-refractivity contribution in [2.45, 2.75) is 70.0 Å². The number of ether oxygens (including phenoxy) is 3. The molecule has 0 aromatic rings. The van der Waals surface area contributed by atoms with E-state index in [0.717, 1.165) is 12.8 Å². The van der Waals surface area contributed by atoms with E-state index in [1.165, 1.54) is 0 Å². The van der Waals surface area contributed by atoms with Crippen molar-refractivity contribution in [1.82, 2.24) is 0 Å². The van der Waals surface area contributed by atoms with Gasteiger partial charge in [-0.25, -0.2) is 4.79 Å². The predicted octanol–water partition coefficient (Wildman–Crippen LogP) is 2.63. The first-order valence-corrected chi connectivity index (χ1v) is 9.22. The number of carbonyl (C=O) groups excluding carboxylic acids is 3. The van der Waals surface area contributed by atoms with Crippen LogP contribution in [0, 0.1) is 17.8 Å². The minimum Gasteiger partial charge on any atom is -0.461 e. The summed E-state index contributed by atoms with van der Waals surface area (Å²) in [6.45, 7) is 0.454. The number of unbranched alkanes of at least 4 members (excludes halogenated alkanes) is 3. The fraction of sp³-hybridized carbons (Fsp3) is 0.833. The van der Waals surface area contributed by atoms with Gasteiger partial charge in [-0.3, -0.25) is 9.59 Å². The van der Waals surface area contributed by atoms with E-state index in [4.69, 9.17) is 9.47 Å². The molecule has 3 fully saturated rings. The molecule has 0 amide bonds. The summed E-state index contributed by atoms with van der Waals surface area (Å²) in [5, 5.41) is 0. The molecule has 146 valence electrons. The zero-order valence-electron chi connectivity index (χ0n) is 14.7. The Labute approximate surface area is 150 Å². The van der Waals surface area contributed by atoms with Crippen LogP contribution in [0.3, 0.4) is 0 Å². The molecule has 26 heavy (non-hydrogen) atoms. The van der Waals surface area contributed by atoms with Gasteiger partial charge >= 0.3 is 23.8 Å². The molecule has 0 spiro atoms. The van der Waals surface area contributed by atoms with E-state index in [2.05, 4.69) is 4.74 Å². The van der Waals surface area contributed by atoms with Gasteiger partial charge < -0.3 is 14.2 Å². The molecular formula is C18H24F2O6. The van der Waals surface area contributed by atoms with Crippen molar-refractivity contribution in [3.63, 3.8) is 0 Å². The maximum atomic E-state index is 12.6. The van der Waals surface area contributed by atoms with Crippen LogP contribution in [0.15, 0.2) is 0 Å². The summed E-state index contributed by atoms with van der Waals surface area (Å²) >= 11 is 0. The molecule has 0 aromatic heterocycles. The van der Waals surface area contributed by atoms with Crippen molar-refractivity contribution in [2.75, 3.05) is 6.61 Å². The summed E-state index contributed by atoms with van der Waals surface area (Å²) in [5.41, 5.74) is 0. The SMILES string of the molecule is CC(F)(F)C(=O)OCCCCCCC(=O)OC1C2CC3C(=O)OC1C3C2. The van der Waals surface area contributed by atoms with E-state index in [1.54, 1.807) is 0 Å². The van der Waals surface area contributed by atoms with Gasteiger partial charge in [0.1, 0.15) is 12.2 Å². The molecule has 1 aliphatic heterocycles. The molecule has 5 atom stereocenters. The van der Waals surface area contributed by atoms with E-state index in [1.807, 2.05) is 0 Å². The number of fused-ring (bicyclic) bond motifs is 1. The highest BCUT2D eigenvalue weighted by atomic mass is 19.3. The number of hydrogen-bond acceptors (Lipinski definition) is 6. The van der Waals surface area contributed by atoms with Gasteiger partial charge in [-0.1, -0.05) is 12.8 Å². The first kappa shape index (κ1) is 19.0. The second-order valence-corrected chi connectivity index (χ2v) is 7.55. The fourth-order valence-electron chi connectivity index (χ4n) is 4.29. The lowest BCUT2D eigenvalue weighted by molar-refractivity contribution is -0.169. The van der Waals surface area contributed by atoms with Gasteiger partial charge in [0.15, 0.2) is 0 Å². The lowest BCUT2D eigenvalue weighted by Gasteiger charge is -2.25. The van der Waals surface area contributed by atoms with Crippen molar-refractivity contribution in [3.05, 3.63) is 0 Å². The van der Waals surface area contributed by atoms with Gasteiger partial charge in [-0.05, 0) is 25.7 Å². The van der Waals surface area contributed by atoms with E-state index >= 15 is 0 Å². The number of esters is 3. The van der Waals surface area contributed by atoms with Crippen molar-refractivity contribution in [2.24, 2.45) is 17.8 Å². The van der Waals surface area contributed by atoms with Gasteiger partial charge in [0, 0.05) is 25.2 Å². The van der Waals surface area contributed by atoms with Crippen LogP contribution in [0.1, 0.15) is 51.9 Å². The molecule has 0 aromatic carbocycles. The van der Waals surface area contributed by atoms with Gasteiger partial charge in [0.05, 0.1) is 12.5 Å². The summed E-state index contributed by atoms with van der Waals surface area (Å²) in [5.74, 6) is -4.97. The van der Waals surface area contributed by atoms with Gasteiger partial charge in [0.25, 0.3) is 0 Å². The molecular weight excluding hydrogens is 350 g/mol. The summed E-state index contributed by atoms with van der Waals surface area (Å²) in [6.07, 6.45) is 3.84. The maximum Gasteiger partial charge on any atom is 0.376 e. The largest absolute Gasteiger partial charge is 0.461 e. The van der Waals surface area contributed by atoms with Gasteiger partial charge in [-0.2, -0.15) is 8.78 Å². The Balaban J connectivity index is 1.26. The second-order valence-electron chi connectivity index (χ2n) is 7.55. The average molecular weight is 374 g/mol. The Morgan fingerprint density at radius 2 is 1.92 bits per heavy atom. The van der Waals surface area contributed by atoms with Crippen LogP contribution in [0.25, 0.3) is 0 Å². The summed E-state index contributed by atoms with van der Waals surface area (Å²) in [4.78, 5) is 34.6. The highest BCUT2D eigenvalue weighted by Gasteiger charge is 2.63. The normalized spacial score (nSPS) is 31.8. The summed E-state index contributed by atoms with van der Waals surface area (Å²) < 4.78 is 40.5. The number of halogens is 2. The highest BCUT2D eigenvalue weighted by molar-refractivity contribution is 5.77. The molecule has 8 heteroatoms. The minimum absolute atomic E-state index is 0.00158. The first-order valence-electron chi connectivity index (χ1n) is 9.22. The standard InChI is InChI=1S/C18H24F2O6/c1-18(19,20)17(23)24-7-5-3-2-4-6-13(21)25-14-10-8-11-12(9-10)16(22)26-15(11)14/h10-12,14-15H,2-9H2,1H3. The Morgan fingerprint density at radius 3 is 2.65 bits per heavy atom. The van der Waals surface area contributed by atoms with Crippen molar-refractivity contribution in [1.29, 1.82) is 0 Å². The van der Waals surface area contributed by atoms with Crippen LogP contribution >= 0.6 is 0 Å². The molecule has 3 rings (SSSR count). The molecule has 2 aliphatic carbocycles. The quantitative estimate of drug-likeness (QED) is 0.351. The smallest absolute Gasteiger partial charge is 0.376 e. The third-order valence-corrected chi connectivity index (χ3v) is 5.55. The molecule has 1 saturated heterocycles. The average Bonchev–Trinajstić information content (AvgIpc) is 3.17. The van der Waals surface area contributed by atoms with E-state index in [9.17, 15) is 23.2 Å². The number of rotatable bonds is 9. The topological polar surface area (TPSA) is 78.9 Å². The van der Waals surface area contributed by atoms with Crippen LogP contribution in [0.5, 0.6) is 0 Å². The molecule has 2 saturated carbocycles. The first-order chi connectivity index (χ1) is 12.3. The van der Waals surface area contributed by atoms with Crippen LogP contribution < -0.4 is 0 Å². The maximum absolute atomic E-state index is 12.6. The lowest BCUT2D eigenvalue weighted by Crippen LogP contribution is -2.35. The highest BCUT2D eigenvalue weighted by Crippen LogP contribution is 2.55. The van der Waals surface area contributed by atoms with Crippen molar-refractivity contribution < 1.29 is 37.4 Å². The Morgan fingerprint density at radius 1 is 1.19 bits per heavy atom. The van der Waals surface area contributed by atoms with E-state index in [-0.39, 0.29) is 54.9 Å². The van der Waals surface area contributed by atoms with Gasteiger partial charge in [-0.15, -0.1) is 0 Å². The zero-order valence-corrected chi connectivity index (χ0v) is 14.7. The predicted molar refractivity (Wildman–Crippen MR) is 84.1 cm³/mol. The van der Waals surface area contributed by atoms with Crippen LogP contribution in [0.4, 0.5) is 8.78 Å². The monoisotopic (exact) mass is 374 g/mol. The number of carbonyl (C=O) groups is 3. The van der Waals surface area contributed by atoms with Crippen LogP contribution in [-0.2, 0) is 28.6 Å². The molecule has 0 N–H and O–H groups in total. The number of alkyl halides is 2. The zero-order chi connectivity index (χ0) is 18.9. The molecule has 6 nitrogen and oxygen atoms in total. The Kier molecular flexibility index (Phi) is 5.48. The lowest BCUT2D eigenvalue weighted by atomic mass is 9.88. The summed E-state index contributed by atoms with van der Waals surface area (Å²) in [6, 6.07) is 0. The van der Waals surface area contributed by atoms with Gasteiger partial charge in [0.2, 0.25) is 0 Å². The van der Waals surface area contributed by atoms with E-state index < -0.39 is 11.9 Å².